The Hall–Kier alpha value is -0.670. The minimum absolute atomic E-state index is 0.114. The van der Waals surface area contributed by atoms with Gasteiger partial charge in [0.2, 0.25) is 0 Å². The molecule has 16 heavy (non-hydrogen) atoms. The minimum atomic E-state index is 0.114. The fraction of sp³-hybridized carbons (Fsp3) is 0.538. The van der Waals surface area contributed by atoms with Gasteiger partial charge in [0, 0.05) is 11.8 Å². The van der Waals surface area contributed by atoms with Crippen molar-refractivity contribution in [1.82, 2.24) is 0 Å². The van der Waals surface area contributed by atoms with E-state index in [0.29, 0.717) is 11.9 Å². The molecule has 0 aliphatic carbocycles. The van der Waals surface area contributed by atoms with Gasteiger partial charge in [0.25, 0.3) is 0 Å². The van der Waals surface area contributed by atoms with Crippen LogP contribution in [0.4, 0.5) is 0 Å². The molecule has 1 rings (SSSR count). The van der Waals surface area contributed by atoms with E-state index in [1.54, 1.807) is 0 Å². The highest BCUT2D eigenvalue weighted by molar-refractivity contribution is 7.99. The van der Waals surface area contributed by atoms with E-state index in [4.69, 9.17) is 10.5 Å². The first-order valence-corrected chi connectivity index (χ1v) is 6.78. The van der Waals surface area contributed by atoms with Crippen molar-refractivity contribution in [3.05, 3.63) is 29.8 Å². The Balaban J connectivity index is 2.52. The van der Waals surface area contributed by atoms with Crippen LogP contribution in [0, 0.1) is 0 Å². The Morgan fingerprint density at radius 1 is 1.25 bits per heavy atom. The molecule has 0 amide bonds. The Kier molecular flexibility index (Phi) is 5.71. The van der Waals surface area contributed by atoms with Crippen molar-refractivity contribution in [2.75, 3.05) is 12.4 Å². The van der Waals surface area contributed by atoms with Crippen molar-refractivity contribution in [1.29, 1.82) is 0 Å². The van der Waals surface area contributed by atoms with Gasteiger partial charge in [0.1, 0.15) is 5.75 Å². The molecule has 90 valence electrons. The molecule has 1 aromatic carbocycles. The van der Waals surface area contributed by atoms with Crippen molar-refractivity contribution in [3.63, 3.8) is 0 Å². The highest BCUT2D eigenvalue weighted by Gasteiger charge is 2.07. The van der Waals surface area contributed by atoms with E-state index in [-0.39, 0.29) is 6.04 Å². The van der Waals surface area contributed by atoms with Crippen LogP contribution < -0.4 is 10.5 Å². The highest BCUT2D eigenvalue weighted by atomic mass is 32.2. The molecule has 1 atom stereocenters. The maximum Gasteiger partial charge on any atom is 0.119 e. The van der Waals surface area contributed by atoms with Gasteiger partial charge in [-0.1, -0.05) is 26.0 Å². The molecule has 0 aliphatic heterocycles. The Labute approximate surface area is 103 Å². The predicted molar refractivity (Wildman–Crippen MR) is 72.1 cm³/mol. The standard InChI is InChI=1S/C13H21NOS/c1-4-15-12-7-5-11(6-8-12)13(14)9-16-10(2)3/h5-8,10,13H,4,9,14H2,1-3H3. The summed E-state index contributed by atoms with van der Waals surface area (Å²) >= 11 is 1.89. The number of benzene rings is 1. The van der Waals surface area contributed by atoms with Gasteiger partial charge in [-0.2, -0.15) is 11.8 Å². The summed E-state index contributed by atoms with van der Waals surface area (Å²) in [6, 6.07) is 8.19. The molecular formula is C13H21NOS. The van der Waals surface area contributed by atoms with Crippen molar-refractivity contribution < 1.29 is 4.74 Å². The van der Waals surface area contributed by atoms with E-state index in [1.807, 2.05) is 30.8 Å². The van der Waals surface area contributed by atoms with Crippen LogP contribution in [0.3, 0.4) is 0 Å². The first-order chi connectivity index (χ1) is 7.63. The molecule has 0 aromatic heterocycles. The molecule has 1 unspecified atom stereocenters. The lowest BCUT2D eigenvalue weighted by Crippen LogP contribution is -2.14. The van der Waals surface area contributed by atoms with Crippen LogP contribution in [0.15, 0.2) is 24.3 Å². The second-order valence-electron chi connectivity index (χ2n) is 3.99. The van der Waals surface area contributed by atoms with Crippen molar-refractivity contribution in [3.8, 4) is 5.75 Å². The monoisotopic (exact) mass is 239 g/mol. The molecule has 0 spiro atoms. The topological polar surface area (TPSA) is 35.2 Å². The summed E-state index contributed by atoms with van der Waals surface area (Å²) in [5.74, 6) is 1.88. The molecule has 0 saturated heterocycles. The van der Waals surface area contributed by atoms with E-state index in [2.05, 4.69) is 26.0 Å². The maximum atomic E-state index is 6.11. The normalized spacial score (nSPS) is 12.8. The van der Waals surface area contributed by atoms with Gasteiger partial charge >= 0.3 is 0 Å². The summed E-state index contributed by atoms with van der Waals surface area (Å²) in [6.07, 6.45) is 0. The van der Waals surface area contributed by atoms with Crippen LogP contribution in [0.2, 0.25) is 0 Å². The van der Waals surface area contributed by atoms with Gasteiger partial charge in [0.15, 0.2) is 0 Å². The van der Waals surface area contributed by atoms with Gasteiger partial charge in [-0.3, -0.25) is 0 Å². The SMILES string of the molecule is CCOc1ccc(C(N)CSC(C)C)cc1. The van der Waals surface area contributed by atoms with Gasteiger partial charge in [0.05, 0.1) is 6.61 Å². The third kappa shape index (κ3) is 4.45. The fourth-order valence-electron chi connectivity index (χ4n) is 1.37. The zero-order valence-electron chi connectivity index (χ0n) is 10.3. The minimum Gasteiger partial charge on any atom is -0.494 e. The second-order valence-corrected chi connectivity index (χ2v) is 5.60. The molecule has 0 bridgehead atoms. The average molecular weight is 239 g/mol. The Morgan fingerprint density at radius 2 is 1.88 bits per heavy atom. The molecule has 0 radical (unpaired) electrons. The van der Waals surface area contributed by atoms with E-state index in [0.717, 1.165) is 11.5 Å². The predicted octanol–water partition coefficient (Wildman–Crippen LogP) is 3.23. The first kappa shape index (κ1) is 13.4. The lowest BCUT2D eigenvalue weighted by atomic mass is 10.1. The maximum absolute atomic E-state index is 6.11. The van der Waals surface area contributed by atoms with Gasteiger partial charge in [-0.05, 0) is 29.9 Å². The van der Waals surface area contributed by atoms with Crippen molar-refractivity contribution >= 4 is 11.8 Å². The summed E-state index contributed by atoms with van der Waals surface area (Å²) in [5, 5.41) is 0.633. The number of thioether (sulfide) groups is 1. The summed E-state index contributed by atoms with van der Waals surface area (Å²) in [6.45, 7) is 7.07. The largest absolute Gasteiger partial charge is 0.494 e. The molecule has 1 aromatic rings. The van der Waals surface area contributed by atoms with Crippen LogP contribution in [-0.2, 0) is 0 Å². The molecule has 2 nitrogen and oxygen atoms in total. The third-order valence-electron chi connectivity index (χ3n) is 2.23. The Morgan fingerprint density at radius 3 is 2.38 bits per heavy atom. The molecule has 2 N–H and O–H groups in total. The second kappa shape index (κ2) is 6.81. The summed E-state index contributed by atoms with van der Waals surface area (Å²) < 4.78 is 5.39. The molecule has 3 heteroatoms. The molecular weight excluding hydrogens is 218 g/mol. The third-order valence-corrected chi connectivity index (χ3v) is 3.45. The van der Waals surface area contributed by atoms with Gasteiger partial charge < -0.3 is 10.5 Å². The van der Waals surface area contributed by atoms with Crippen LogP contribution >= 0.6 is 11.8 Å². The number of hydrogen-bond acceptors (Lipinski definition) is 3. The summed E-state index contributed by atoms with van der Waals surface area (Å²) in [5.41, 5.74) is 7.28. The molecule has 0 fully saturated rings. The quantitative estimate of drug-likeness (QED) is 0.828. The number of rotatable bonds is 6. The van der Waals surface area contributed by atoms with Gasteiger partial charge in [-0.15, -0.1) is 0 Å². The Bertz CT molecular complexity index is 297. The highest BCUT2D eigenvalue weighted by Crippen LogP contribution is 2.21. The average Bonchev–Trinajstić information content (AvgIpc) is 2.27. The van der Waals surface area contributed by atoms with Crippen LogP contribution in [0.25, 0.3) is 0 Å². The van der Waals surface area contributed by atoms with Crippen LogP contribution in [0.1, 0.15) is 32.4 Å². The van der Waals surface area contributed by atoms with E-state index in [9.17, 15) is 0 Å². The molecule has 0 aliphatic rings. The zero-order chi connectivity index (χ0) is 12.0. The zero-order valence-corrected chi connectivity index (χ0v) is 11.1. The molecule has 0 heterocycles. The first-order valence-electron chi connectivity index (χ1n) is 5.73. The van der Waals surface area contributed by atoms with E-state index in [1.165, 1.54) is 5.56 Å². The number of nitrogens with two attached hydrogens (primary N) is 1. The number of ether oxygens (including phenoxy) is 1. The summed E-state index contributed by atoms with van der Waals surface area (Å²) in [7, 11) is 0. The van der Waals surface area contributed by atoms with Crippen molar-refractivity contribution in [2.45, 2.75) is 32.1 Å². The smallest absolute Gasteiger partial charge is 0.119 e. The lowest BCUT2D eigenvalue weighted by molar-refractivity contribution is 0.340. The van der Waals surface area contributed by atoms with E-state index >= 15 is 0 Å². The summed E-state index contributed by atoms with van der Waals surface area (Å²) in [4.78, 5) is 0. The lowest BCUT2D eigenvalue weighted by Gasteiger charge is -2.13. The van der Waals surface area contributed by atoms with Crippen LogP contribution in [0.5, 0.6) is 5.75 Å². The van der Waals surface area contributed by atoms with E-state index < -0.39 is 0 Å². The molecule has 0 saturated carbocycles. The number of hydrogen-bond donors (Lipinski definition) is 1. The van der Waals surface area contributed by atoms with Gasteiger partial charge in [-0.25, -0.2) is 0 Å². The van der Waals surface area contributed by atoms with Crippen LogP contribution in [-0.4, -0.2) is 17.6 Å². The van der Waals surface area contributed by atoms with Crippen molar-refractivity contribution in [2.24, 2.45) is 5.73 Å². The fourth-order valence-corrected chi connectivity index (χ4v) is 2.15.